The van der Waals surface area contributed by atoms with Crippen LogP contribution in [0.3, 0.4) is 0 Å². The number of hydrogen-bond donors (Lipinski definition) is 1. The number of hydrogen-bond acceptors (Lipinski definition) is 9. The van der Waals surface area contributed by atoms with Crippen LogP contribution in [0.5, 0.6) is 5.75 Å². The molecule has 4 aromatic rings. The Labute approximate surface area is 243 Å². The Morgan fingerprint density at radius 1 is 0.976 bits per heavy atom. The molecule has 5 rings (SSSR count). The van der Waals surface area contributed by atoms with E-state index in [4.69, 9.17) is 0 Å². The molecule has 1 N–H and O–H groups in total. The maximum absolute atomic E-state index is 12.6. The molecule has 9 nitrogen and oxygen atoms in total. The van der Waals surface area contributed by atoms with Gasteiger partial charge < -0.3 is 15.0 Å². The van der Waals surface area contributed by atoms with E-state index in [0.717, 1.165) is 36.6 Å². The molecule has 1 aromatic carbocycles. The van der Waals surface area contributed by atoms with Gasteiger partial charge in [-0.3, -0.25) is 14.6 Å². The first-order valence-corrected chi connectivity index (χ1v) is 14.1. The van der Waals surface area contributed by atoms with Gasteiger partial charge in [0.05, 0.1) is 24.7 Å². The lowest BCUT2D eigenvalue weighted by molar-refractivity contribution is -0.274. The SMILES string of the molecule is O=C(Cc1cccc(OC(F)(F)F)c1)Cc1nnc(C2CCN(c3ccc(NC(=O)Cc4ccccn4)nc3)CC2)s1. The number of ketones is 1. The molecule has 1 amide bonds. The number of anilines is 2. The fourth-order valence-corrected chi connectivity index (χ4v) is 5.74. The summed E-state index contributed by atoms with van der Waals surface area (Å²) in [5.74, 6) is -0.00428. The Bertz CT molecular complexity index is 1510. The zero-order valence-corrected chi connectivity index (χ0v) is 23.2. The number of carbonyl (C=O) groups excluding carboxylic acids is 2. The zero-order chi connectivity index (χ0) is 29.5. The average Bonchev–Trinajstić information content (AvgIpc) is 3.41. The first-order chi connectivity index (χ1) is 20.2. The fraction of sp³-hybridized carbons (Fsp3) is 0.310. The zero-order valence-electron chi connectivity index (χ0n) is 22.4. The van der Waals surface area contributed by atoms with E-state index in [1.54, 1.807) is 36.7 Å². The molecule has 13 heteroatoms. The van der Waals surface area contributed by atoms with Gasteiger partial charge in [-0.15, -0.1) is 34.7 Å². The first kappa shape index (κ1) is 29.1. The number of amides is 1. The summed E-state index contributed by atoms with van der Waals surface area (Å²) in [6.45, 7) is 1.59. The number of piperidine rings is 1. The third-order valence-electron chi connectivity index (χ3n) is 6.66. The smallest absolute Gasteiger partial charge is 0.406 e. The number of Topliss-reactive ketones (excluding diaryl/α,β-unsaturated/α-hetero) is 1. The van der Waals surface area contributed by atoms with E-state index >= 15 is 0 Å². The van der Waals surface area contributed by atoms with E-state index in [2.05, 4.69) is 35.1 Å². The number of aromatic nitrogens is 4. The van der Waals surface area contributed by atoms with E-state index in [0.29, 0.717) is 22.1 Å². The monoisotopic (exact) mass is 596 g/mol. The Morgan fingerprint density at radius 2 is 1.81 bits per heavy atom. The van der Waals surface area contributed by atoms with Crippen LogP contribution in [0.1, 0.15) is 40.0 Å². The van der Waals surface area contributed by atoms with Crippen molar-refractivity contribution in [3.8, 4) is 5.75 Å². The average molecular weight is 597 g/mol. The van der Waals surface area contributed by atoms with Crippen LogP contribution in [-0.2, 0) is 28.9 Å². The number of alkyl halides is 3. The van der Waals surface area contributed by atoms with Crippen molar-refractivity contribution in [3.63, 3.8) is 0 Å². The molecule has 4 heterocycles. The van der Waals surface area contributed by atoms with Gasteiger partial charge in [-0.05, 0) is 54.8 Å². The van der Waals surface area contributed by atoms with Crippen LogP contribution < -0.4 is 15.0 Å². The maximum atomic E-state index is 12.6. The van der Waals surface area contributed by atoms with E-state index in [9.17, 15) is 22.8 Å². The molecule has 1 saturated heterocycles. The summed E-state index contributed by atoms with van der Waals surface area (Å²) in [7, 11) is 0. The van der Waals surface area contributed by atoms with Gasteiger partial charge in [-0.2, -0.15) is 0 Å². The molecule has 0 saturated carbocycles. The van der Waals surface area contributed by atoms with Gasteiger partial charge in [0.25, 0.3) is 0 Å². The lowest BCUT2D eigenvalue weighted by Crippen LogP contribution is -2.32. The van der Waals surface area contributed by atoms with Gasteiger partial charge in [0, 0.05) is 37.3 Å². The quantitative estimate of drug-likeness (QED) is 0.268. The molecule has 0 radical (unpaired) electrons. The van der Waals surface area contributed by atoms with Crippen LogP contribution in [0.15, 0.2) is 67.0 Å². The van der Waals surface area contributed by atoms with Crippen LogP contribution in [0.25, 0.3) is 0 Å². The lowest BCUT2D eigenvalue weighted by Gasteiger charge is -2.32. The number of carbonyl (C=O) groups is 2. The van der Waals surface area contributed by atoms with Gasteiger partial charge in [-0.25, -0.2) is 4.98 Å². The molecule has 218 valence electrons. The van der Waals surface area contributed by atoms with Crippen molar-refractivity contribution in [2.24, 2.45) is 0 Å². The number of nitrogens with one attached hydrogen (secondary N) is 1. The molecule has 0 unspecified atom stereocenters. The predicted octanol–water partition coefficient (Wildman–Crippen LogP) is 5.15. The van der Waals surface area contributed by atoms with Crippen molar-refractivity contribution in [3.05, 3.63) is 88.3 Å². The van der Waals surface area contributed by atoms with Gasteiger partial charge in [0.1, 0.15) is 27.4 Å². The van der Waals surface area contributed by atoms with E-state index in [1.807, 2.05) is 12.1 Å². The number of halogens is 3. The topological polar surface area (TPSA) is 110 Å². The van der Waals surface area contributed by atoms with Crippen LogP contribution in [0, 0.1) is 0 Å². The Kier molecular flexibility index (Phi) is 9.06. The minimum atomic E-state index is -4.79. The number of benzene rings is 1. The number of ether oxygens (including phenoxy) is 1. The fourth-order valence-electron chi connectivity index (χ4n) is 4.70. The van der Waals surface area contributed by atoms with Gasteiger partial charge in [0.15, 0.2) is 0 Å². The standard InChI is InChI=1S/C29H27F3N6O3S/c30-29(31,32)41-24-6-3-4-19(15-24)14-23(39)17-27-36-37-28(42-27)20-9-12-38(13-10-20)22-7-8-25(34-18-22)35-26(40)16-21-5-1-2-11-33-21/h1-8,11,15,18,20H,9-10,12-14,16-17H2,(H,34,35,40). The van der Waals surface area contributed by atoms with Crippen molar-refractivity contribution in [2.45, 2.75) is 44.4 Å². The number of pyridine rings is 2. The molecule has 42 heavy (non-hydrogen) atoms. The summed E-state index contributed by atoms with van der Waals surface area (Å²) in [4.78, 5) is 35.6. The molecular formula is C29H27F3N6O3S. The minimum Gasteiger partial charge on any atom is -0.406 e. The van der Waals surface area contributed by atoms with Crippen LogP contribution in [-0.4, -0.2) is 51.3 Å². The van der Waals surface area contributed by atoms with Crippen molar-refractivity contribution in [1.29, 1.82) is 0 Å². The Morgan fingerprint density at radius 3 is 2.52 bits per heavy atom. The summed E-state index contributed by atoms with van der Waals surface area (Å²) >= 11 is 1.40. The molecule has 0 atom stereocenters. The third kappa shape index (κ3) is 8.32. The second-order valence-electron chi connectivity index (χ2n) is 9.83. The molecule has 0 aliphatic carbocycles. The highest BCUT2D eigenvalue weighted by atomic mass is 32.1. The lowest BCUT2D eigenvalue weighted by atomic mass is 9.97. The summed E-state index contributed by atoms with van der Waals surface area (Å²) < 4.78 is 41.4. The van der Waals surface area contributed by atoms with E-state index in [-0.39, 0.29) is 42.6 Å². The van der Waals surface area contributed by atoms with Gasteiger partial charge >= 0.3 is 6.36 Å². The van der Waals surface area contributed by atoms with Gasteiger partial charge in [0.2, 0.25) is 5.91 Å². The summed E-state index contributed by atoms with van der Waals surface area (Å²) in [5, 5.41) is 12.8. The molecule has 3 aromatic heterocycles. The third-order valence-corrected chi connectivity index (χ3v) is 7.74. The van der Waals surface area contributed by atoms with Gasteiger partial charge in [-0.1, -0.05) is 18.2 Å². The van der Waals surface area contributed by atoms with Crippen molar-refractivity contribution < 1.29 is 27.5 Å². The van der Waals surface area contributed by atoms with Crippen LogP contribution >= 0.6 is 11.3 Å². The highest BCUT2D eigenvalue weighted by molar-refractivity contribution is 7.11. The van der Waals surface area contributed by atoms with Crippen molar-refractivity contribution in [2.75, 3.05) is 23.3 Å². The maximum Gasteiger partial charge on any atom is 0.573 e. The highest BCUT2D eigenvalue weighted by Crippen LogP contribution is 2.32. The molecular weight excluding hydrogens is 569 g/mol. The Balaban J connectivity index is 1.08. The van der Waals surface area contributed by atoms with E-state index < -0.39 is 6.36 Å². The summed E-state index contributed by atoms with van der Waals surface area (Å²) in [5.41, 5.74) is 2.09. The number of nitrogens with zero attached hydrogens (tertiary/aromatic N) is 5. The molecule has 0 spiro atoms. The normalized spacial score (nSPS) is 14.0. The predicted molar refractivity (Wildman–Crippen MR) is 150 cm³/mol. The Hall–Kier alpha value is -4.39. The molecule has 1 aliphatic heterocycles. The first-order valence-electron chi connectivity index (χ1n) is 13.3. The number of rotatable bonds is 10. The molecule has 0 bridgehead atoms. The van der Waals surface area contributed by atoms with Crippen LogP contribution in [0.2, 0.25) is 0 Å². The molecule has 1 aliphatic rings. The van der Waals surface area contributed by atoms with Crippen molar-refractivity contribution >= 4 is 34.5 Å². The van der Waals surface area contributed by atoms with Crippen LogP contribution in [0.4, 0.5) is 24.7 Å². The summed E-state index contributed by atoms with van der Waals surface area (Å²) in [6.07, 6.45) is 0.541. The summed E-state index contributed by atoms with van der Waals surface area (Å²) in [6, 6.07) is 14.6. The molecule has 1 fully saturated rings. The largest absolute Gasteiger partial charge is 0.573 e. The second-order valence-corrected chi connectivity index (χ2v) is 10.9. The van der Waals surface area contributed by atoms with E-state index in [1.165, 1.54) is 29.5 Å². The minimum absolute atomic E-state index is 0.0247. The van der Waals surface area contributed by atoms with Crippen molar-refractivity contribution in [1.82, 2.24) is 20.2 Å². The second kappa shape index (κ2) is 13.1. The highest BCUT2D eigenvalue weighted by Gasteiger charge is 2.31.